The van der Waals surface area contributed by atoms with Crippen LogP contribution in [-0.2, 0) is 4.74 Å². The highest BCUT2D eigenvalue weighted by molar-refractivity contribution is 4.82. The van der Waals surface area contributed by atoms with E-state index >= 15 is 0 Å². The minimum Gasteiger partial charge on any atom is -0.379 e. The van der Waals surface area contributed by atoms with Crippen molar-refractivity contribution in [3.05, 3.63) is 0 Å². The van der Waals surface area contributed by atoms with Crippen molar-refractivity contribution in [2.45, 2.75) is 52.0 Å². The summed E-state index contributed by atoms with van der Waals surface area (Å²) in [5.74, 6) is 0. The molecule has 2 rings (SSSR count). The van der Waals surface area contributed by atoms with Gasteiger partial charge in [-0.2, -0.15) is 0 Å². The molecule has 0 aromatic heterocycles. The molecule has 1 saturated carbocycles. The van der Waals surface area contributed by atoms with Gasteiger partial charge in [0.25, 0.3) is 0 Å². The summed E-state index contributed by atoms with van der Waals surface area (Å²) in [6.07, 6.45) is 7.11. The quantitative estimate of drug-likeness (QED) is 0.814. The van der Waals surface area contributed by atoms with E-state index in [1.54, 1.807) is 0 Å². The number of nitrogens with zero attached hydrogens (tertiary/aromatic N) is 1. The first-order valence-electron chi connectivity index (χ1n) is 7.71. The van der Waals surface area contributed by atoms with Gasteiger partial charge in [0.1, 0.15) is 0 Å². The lowest BCUT2D eigenvalue weighted by Gasteiger charge is -2.36. The third-order valence-corrected chi connectivity index (χ3v) is 4.57. The third kappa shape index (κ3) is 4.52. The Hall–Kier alpha value is -0.120. The van der Waals surface area contributed by atoms with E-state index in [2.05, 4.69) is 24.1 Å². The van der Waals surface area contributed by atoms with E-state index in [1.807, 2.05) is 0 Å². The van der Waals surface area contributed by atoms with E-state index in [-0.39, 0.29) is 0 Å². The summed E-state index contributed by atoms with van der Waals surface area (Å²) >= 11 is 0. The molecule has 1 saturated heterocycles. The molecule has 0 aromatic carbocycles. The summed E-state index contributed by atoms with van der Waals surface area (Å²) in [5, 5.41) is 3.76. The molecule has 1 N–H and O–H groups in total. The Morgan fingerprint density at radius 1 is 1.17 bits per heavy atom. The molecule has 0 radical (unpaired) electrons. The molecular weight excluding hydrogens is 224 g/mol. The molecule has 0 aromatic rings. The maximum atomic E-state index is 5.39. The Morgan fingerprint density at radius 3 is 2.50 bits per heavy atom. The molecule has 18 heavy (non-hydrogen) atoms. The van der Waals surface area contributed by atoms with Gasteiger partial charge in [-0.1, -0.05) is 26.2 Å². The molecule has 2 fully saturated rings. The standard InChI is InChI=1S/C15H30N2O/c1-14(12-17-8-10-18-11-9-17)16-13-15(2)6-4-3-5-7-15/h14,16H,3-13H2,1-2H3. The summed E-state index contributed by atoms with van der Waals surface area (Å²) in [4.78, 5) is 2.52. The van der Waals surface area contributed by atoms with Crippen LogP contribution in [0.5, 0.6) is 0 Å². The fraction of sp³-hybridized carbons (Fsp3) is 1.00. The van der Waals surface area contributed by atoms with Crippen LogP contribution in [0.1, 0.15) is 46.0 Å². The van der Waals surface area contributed by atoms with Gasteiger partial charge in [0, 0.05) is 32.2 Å². The molecule has 1 unspecified atom stereocenters. The van der Waals surface area contributed by atoms with E-state index in [0.717, 1.165) is 26.3 Å². The average Bonchev–Trinajstić information content (AvgIpc) is 2.39. The number of morpholine rings is 1. The van der Waals surface area contributed by atoms with Crippen LogP contribution in [0.25, 0.3) is 0 Å². The van der Waals surface area contributed by atoms with Crippen LogP contribution < -0.4 is 5.32 Å². The number of rotatable bonds is 5. The molecular formula is C15H30N2O. The lowest BCUT2D eigenvalue weighted by Crippen LogP contribution is -2.46. The normalized spacial score (nSPS) is 27.0. The van der Waals surface area contributed by atoms with Gasteiger partial charge in [0.2, 0.25) is 0 Å². The van der Waals surface area contributed by atoms with Crippen molar-refractivity contribution in [2.75, 3.05) is 39.4 Å². The SMILES string of the molecule is CC(CN1CCOCC1)NCC1(C)CCCCC1. The predicted octanol–water partition coefficient (Wildman–Crippen LogP) is 2.27. The fourth-order valence-corrected chi connectivity index (χ4v) is 3.24. The van der Waals surface area contributed by atoms with Gasteiger partial charge in [-0.15, -0.1) is 0 Å². The summed E-state index contributed by atoms with van der Waals surface area (Å²) < 4.78 is 5.39. The van der Waals surface area contributed by atoms with Gasteiger partial charge in [-0.3, -0.25) is 4.90 Å². The predicted molar refractivity (Wildman–Crippen MR) is 75.9 cm³/mol. The van der Waals surface area contributed by atoms with Crippen molar-refractivity contribution < 1.29 is 4.74 Å². The summed E-state index contributed by atoms with van der Waals surface area (Å²) in [6.45, 7) is 11.2. The summed E-state index contributed by atoms with van der Waals surface area (Å²) in [7, 11) is 0. The molecule has 1 aliphatic heterocycles. The molecule has 3 nitrogen and oxygen atoms in total. The lowest BCUT2D eigenvalue weighted by atomic mass is 9.75. The Morgan fingerprint density at radius 2 is 1.83 bits per heavy atom. The monoisotopic (exact) mass is 254 g/mol. The Kier molecular flexibility index (Phi) is 5.46. The molecule has 0 spiro atoms. The van der Waals surface area contributed by atoms with Gasteiger partial charge < -0.3 is 10.1 Å². The average molecular weight is 254 g/mol. The van der Waals surface area contributed by atoms with E-state index in [9.17, 15) is 0 Å². The van der Waals surface area contributed by atoms with Crippen LogP contribution in [0.4, 0.5) is 0 Å². The molecule has 1 atom stereocenters. The molecule has 0 amide bonds. The highest BCUT2D eigenvalue weighted by atomic mass is 16.5. The van der Waals surface area contributed by atoms with Gasteiger partial charge >= 0.3 is 0 Å². The van der Waals surface area contributed by atoms with E-state index in [0.29, 0.717) is 11.5 Å². The summed E-state index contributed by atoms with van der Waals surface area (Å²) in [5.41, 5.74) is 0.553. The first-order valence-corrected chi connectivity index (χ1v) is 7.71. The van der Waals surface area contributed by atoms with E-state index in [4.69, 9.17) is 4.74 Å². The minimum absolute atomic E-state index is 0.553. The molecule has 3 heteroatoms. The number of nitrogens with one attached hydrogen (secondary N) is 1. The van der Waals surface area contributed by atoms with Gasteiger partial charge in [-0.25, -0.2) is 0 Å². The summed E-state index contributed by atoms with van der Waals surface area (Å²) in [6, 6.07) is 0.599. The molecule has 1 aliphatic carbocycles. The van der Waals surface area contributed by atoms with Crippen molar-refractivity contribution in [1.29, 1.82) is 0 Å². The fourth-order valence-electron chi connectivity index (χ4n) is 3.24. The topological polar surface area (TPSA) is 24.5 Å². The maximum Gasteiger partial charge on any atom is 0.0594 e. The minimum atomic E-state index is 0.553. The third-order valence-electron chi connectivity index (χ3n) is 4.57. The molecule has 0 bridgehead atoms. The molecule has 2 aliphatic rings. The number of hydrogen-bond donors (Lipinski definition) is 1. The first-order chi connectivity index (χ1) is 8.68. The van der Waals surface area contributed by atoms with E-state index < -0.39 is 0 Å². The van der Waals surface area contributed by atoms with Crippen molar-refractivity contribution in [1.82, 2.24) is 10.2 Å². The second-order valence-corrected chi connectivity index (χ2v) is 6.57. The zero-order valence-electron chi connectivity index (χ0n) is 12.2. The number of hydrogen-bond acceptors (Lipinski definition) is 3. The largest absolute Gasteiger partial charge is 0.379 e. The second kappa shape index (κ2) is 6.88. The van der Waals surface area contributed by atoms with Crippen molar-refractivity contribution in [3.63, 3.8) is 0 Å². The van der Waals surface area contributed by atoms with Gasteiger partial charge in [-0.05, 0) is 25.2 Å². The van der Waals surface area contributed by atoms with Crippen LogP contribution in [0.15, 0.2) is 0 Å². The maximum absolute atomic E-state index is 5.39. The van der Waals surface area contributed by atoms with Gasteiger partial charge in [0.05, 0.1) is 13.2 Å². The Labute approximate surface area is 112 Å². The van der Waals surface area contributed by atoms with Crippen LogP contribution in [0.2, 0.25) is 0 Å². The van der Waals surface area contributed by atoms with Gasteiger partial charge in [0.15, 0.2) is 0 Å². The zero-order valence-corrected chi connectivity index (χ0v) is 12.2. The molecule has 1 heterocycles. The van der Waals surface area contributed by atoms with Crippen LogP contribution in [0.3, 0.4) is 0 Å². The van der Waals surface area contributed by atoms with Crippen LogP contribution >= 0.6 is 0 Å². The smallest absolute Gasteiger partial charge is 0.0594 e. The highest BCUT2D eigenvalue weighted by Crippen LogP contribution is 2.34. The van der Waals surface area contributed by atoms with Crippen molar-refractivity contribution in [3.8, 4) is 0 Å². The zero-order chi connectivity index (χ0) is 12.8. The lowest BCUT2D eigenvalue weighted by molar-refractivity contribution is 0.0336. The highest BCUT2D eigenvalue weighted by Gasteiger charge is 2.27. The van der Waals surface area contributed by atoms with Crippen molar-refractivity contribution >= 4 is 0 Å². The molecule has 106 valence electrons. The van der Waals surface area contributed by atoms with Crippen LogP contribution in [0, 0.1) is 5.41 Å². The Bertz CT molecular complexity index is 233. The van der Waals surface area contributed by atoms with Crippen LogP contribution in [-0.4, -0.2) is 50.3 Å². The number of ether oxygens (including phenoxy) is 1. The Balaban J connectivity index is 1.65. The first kappa shape index (κ1) is 14.3. The second-order valence-electron chi connectivity index (χ2n) is 6.57. The van der Waals surface area contributed by atoms with Crippen molar-refractivity contribution in [2.24, 2.45) is 5.41 Å². The van der Waals surface area contributed by atoms with E-state index in [1.165, 1.54) is 45.2 Å².